The highest BCUT2D eigenvalue weighted by molar-refractivity contribution is 7.92. The predicted molar refractivity (Wildman–Crippen MR) is 59.5 cm³/mol. The van der Waals surface area contributed by atoms with E-state index in [1.807, 2.05) is 0 Å². The Labute approximate surface area is 110 Å². The van der Waals surface area contributed by atoms with E-state index in [2.05, 4.69) is 11.6 Å². The molecule has 0 fully saturated rings. The van der Waals surface area contributed by atoms with Crippen molar-refractivity contribution < 1.29 is 26.4 Å². The summed E-state index contributed by atoms with van der Waals surface area (Å²) < 4.78 is 61.4. The molecule has 0 N–H and O–H groups in total. The Balaban J connectivity index is 3.26. The summed E-state index contributed by atoms with van der Waals surface area (Å²) in [7, 11) is -5.27. The minimum absolute atomic E-state index is 0.0818. The van der Waals surface area contributed by atoms with Crippen LogP contribution in [0.15, 0.2) is 29.2 Å². The second kappa shape index (κ2) is 5.07. The number of hydrogen-bond donors (Lipinski definition) is 0. The monoisotopic (exact) mass is 320 g/mol. The zero-order valence-corrected chi connectivity index (χ0v) is 10.7. The number of halogens is 5. The van der Waals surface area contributed by atoms with Crippen LogP contribution in [0.5, 0.6) is 0 Å². The van der Waals surface area contributed by atoms with Crippen molar-refractivity contribution in [2.75, 3.05) is 0 Å². The molecule has 0 heterocycles. The van der Waals surface area contributed by atoms with Crippen molar-refractivity contribution in [3.8, 4) is 0 Å². The summed E-state index contributed by atoms with van der Waals surface area (Å²) >= 11 is 9.61. The Kier molecular flexibility index (Phi) is 4.30. The van der Waals surface area contributed by atoms with Gasteiger partial charge in [0.15, 0.2) is 0 Å². The Morgan fingerprint density at radius 2 is 1.67 bits per heavy atom. The molecule has 0 aromatic heterocycles. The molecular weight excluding hydrogens is 316 g/mol. The second-order valence-electron chi connectivity index (χ2n) is 3.16. The maximum Gasteiger partial charge on any atom is 0.393 e. The normalized spacial score (nSPS) is 14.3. The first kappa shape index (κ1) is 15.3. The third-order valence-electron chi connectivity index (χ3n) is 2.00. The zero-order chi connectivity index (χ0) is 14.1. The molecule has 0 bridgehead atoms. The van der Waals surface area contributed by atoms with Crippen LogP contribution in [-0.2, 0) is 9.84 Å². The summed E-state index contributed by atoms with van der Waals surface area (Å²) in [6.07, 6.45) is 0. The van der Waals surface area contributed by atoms with Gasteiger partial charge in [-0.15, -0.1) is 0 Å². The fraction of sp³-hybridized carbons (Fsp3) is 0.222. The molecule has 18 heavy (non-hydrogen) atoms. The number of carbonyl (C=O) groups excluding carboxylic acids is 1. The van der Waals surface area contributed by atoms with Crippen molar-refractivity contribution >= 4 is 38.3 Å². The molecule has 1 unspecified atom stereocenters. The molecule has 1 rings (SSSR count). The summed E-state index contributed by atoms with van der Waals surface area (Å²) in [6.45, 7) is 0. The third kappa shape index (κ3) is 2.62. The molecule has 1 aromatic rings. The van der Waals surface area contributed by atoms with E-state index in [9.17, 15) is 26.4 Å². The lowest BCUT2D eigenvalue weighted by molar-refractivity contribution is 0.0423. The Hall–Kier alpha value is -0.790. The lowest BCUT2D eigenvalue weighted by Gasteiger charge is -2.16. The van der Waals surface area contributed by atoms with Crippen LogP contribution in [0.25, 0.3) is 0 Å². The molecule has 0 radical (unpaired) electrons. The molecule has 0 amide bonds. The quantitative estimate of drug-likeness (QED) is 0.633. The van der Waals surface area contributed by atoms with Crippen LogP contribution in [-0.4, -0.2) is 24.5 Å². The zero-order valence-electron chi connectivity index (χ0n) is 8.41. The Morgan fingerprint density at radius 3 is 2.00 bits per heavy atom. The molecule has 0 aliphatic carbocycles. The maximum absolute atomic E-state index is 13.1. The molecule has 0 aliphatic rings. The predicted octanol–water partition coefficient (Wildman–Crippen LogP) is 2.97. The van der Waals surface area contributed by atoms with Gasteiger partial charge in [-0.1, -0.05) is 11.6 Å². The van der Waals surface area contributed by atoms with E-state index in [-0.39, 0.29) is 5.56 Å². The summed E-state index contributed by atoms with van der Waals surface area (Å²) in [5, 5.41) is -5.65. The molecule has 100 valence electrons. The van der Waals surface area contributed by atoms with Gasteiger partial charge in [-0.05, 0) is 35.9 Å². The lowest BCUT2D eigenvalue weighted by atomic mass is 10.2. The first-order valence-corrected chi connectivity index (χ1v) is 6.61. The van der Waals surface area contributed by atoms with Gasteiger partial charge in [0.25, 0.3) is 10.9 Å². The number of sulfone groups is 1. The fourth-order valence-corrected chi connectivity index (χ4v) is 2.56. The van der Waals surface area contributed by atoms with Crippen LogP contribution >= 0.6 is 23.2 Å². The smallest absolute Gasteiger partial charge is 0.276 e. The molecule has 0 saturated carbocycles. The average Bonchev–Trinajstić information content (AvgIpc) is 2.28. The number of benzene rings is 1. The highest BCUT2D eigenvalue weighted by Crippen LogP contribution is 2.35. The van der Waals surface area contributed by atoms with Crippen LogP contribution in [0.4, 0.5) is 13.2 Å². The molecule has 1 aromatic carbocycles. The second-order valence-corrected chi connectivity index (χ2v) is 5.91. The van der Waals surface area contributed by atoms with E-state index in [0.29, 0.717) is 0 Å². The van der Waals surface area contributed by atoms with Gasteiger partial charge in [-0.3, -0.25) is 4.79 Å². The van der Waals surface area contributed by atoms with Crippen molar-refractivity contribution in [1.82, 2.24) is 0 Å². The molecule has 1 atom stereocenters. The van der Waals surface area contributed by atoms with E-state index in [4.69, 9.17) is 11.6 Å². The molecule has 0 saturated heterocycles. The van der Waals surface area contributed by atoms with Crippen molar-refractivity contribution in [2.45, 2.75) is 15.8 Å². The fourth-order valence-electron chi connectivity index (χ4n) is 1.04. The SMILES string of the molecule is O=C(Cl)c1ccc(S(=O)(=O)C(F)(F)C(F)Cl)cc1. The Bertz CT molecular complexity index is 555. The summed E-state index contributed by atoms with van der Waals surface area (Å²) in [6, 6.07) is 3.30. The maximum atomic E-state index is 13.1. The highest BCUT2D eigenvalue weighted by Gasteiger charge is 2.53. The standard InChI is InChI=1S/C9H5Cl2F3O3S/c10-7(15)5-1-3-6(4-2-5)18(16,17)9(13,14)8(11)12/h1-4,8H. The number of carbonyl (C=O) groups is 1. The summed E-state index contributed by atoms with van der Waals surface area (Å²) in [5.41, 5.74) is -3.46. The highest BCUT2D eigenvalue weighted by atomic mass is 35.5. The van der Waals surface area contributed by atoms with Crippen molar-refractivity contribution in [2.24, 2.45) is 0 Å². The van der Waals surface area contributed by atoms with E-state index >= 15 is 0 Å². The van der Waals surface area contributed by atoms with E-state index in [1.165, 1.54) is 0 Å². The van der Waals surface area contributed by atoms with Gasteiger partial charge in [0.2, 0.25) is 9.84 Å². The van der Waals surface area contributed by atoms with Crippen LogP contribution in [0, 0.1) is 0 Å². The van der Waals surface area contributed by atoms with Crippen LogP contribution in [0.2, 0.25) is 0 Å². The average molecular weight is 321 g/mol. The topological polar surface area (TPSA) is 51.2 Å². The van der Waals surface area contributed by atoms with Crippen LogP contribution < -0.4 is 0 Å². The van der Waals surface area contributed by atoms with Gasteiger partial charge < -0.3 is 0 Å². The van der Waals surface area contributed by atoms with E-state index < -0.39 is 30.9 Å². The van der Waals surface area contributed by atoms with Crippen molar-refractivity contribution in [3.05, 3.63) is 29.8 Å². The van der Waals surface area contributed by atoms with Gasteiger partial charge in [-0.2, -0.15) is 8.78 Å². The first-order valence-electron chi connectivity index (χ1n) is 4.31. The molecule has 0 spiro atoms. The van der Waals surface area contributed by atoms with Gasteiger partial charge in [0.1, 0.15) is 0 Å². The first-order chi connectivity index (χ1) is 8.10. The lowest BCUT2D eigenvalue weighted by Crippen LogP contribution is -2.35. The molecule has 0 aliphatic heterocycles. The molecule has 3 nitrogen and oxygen atoms in total. The van der Waals surface area contributed by atoms with Crippen LogP contribution in [0.1, 0.15) is 10.4 Å². The minimum Gasteiger partial charge on any atom is -0.276 e. The summed E-state index contributed by atoms with van der Waals surface area (Å²) in [5.74, 6) is 0. The largest absolute Gasteiger partial charge is 0.393 e. The van der Waals surface area contributed by atoms with Crippen molar-refractivity contribution in [1.29, 1.82) is 0 Å². The minimum atomic E-state index is -5.27. The molecular formula is C9H5Cl2F3O3S. The van der Waals surface area contributed by atoms with Gasteiger partial charge in [0.05, 0.1) is 4.90 Å². The number of rotatable bonds is 4. The summed E-state index contributed by atoms with van der Waals surface area (Å²) in [4.78, 5) is 9.83. The van der Waals surface area contributed by atoms with E-state index in [1.54, 1.807) is 0 Å². The third-order valence-corrected chi connectivity index (χ3v) is 4.44. The Morgan fingerprint density at radius 1 is 1.22 bits per heavy atom. The number of hydrogen-bond acceptors (Lipinski definition) is 3. The molecule has 9 heteroatoms. The van der Waals surface area contributed by atoms with Gasteiger partial charge >= 0.3 is 5.25 Å². The van der Waals surface area contributed by atoms with Crippen LogP contribution in [0.3, 0.4) is 0 Å². The number of alkyl halides is 4. The van der Waals surface area contributed by atoms with E-state index in [0.717, 1.165) is 24.3 Å². The van der Waals surface area contributed by atoms with Crippen molar-refractivity contribution in [3.63, 3.8) is 0 Å². The van der Waals surface area contributed by atoms with Gasteiger partial charge in [-0.25, -0.2) is 12.8 Å². The van der Waals surface area contributed by atoms with Gasteiger partial charge in [0, 0.05) is 5.56 Å².